The summed E-state index contributed by atoms with van der Waals surface area (Å²) in [5, 5.41) is 16.1. The van der Waals surface area contributed by atoms with Crippen molar-refractivity contribution in [2.75, 3.05) is 30.4 Å². The summed E-state index contributed by atoms with van der Waals surface area (Å²) in [5.41, 5.74) is 0.826. The van der Waals surface area contributed by atoms with E-state index in [2.05, 4.69) is 10.1 Å². The van der Waals surface area contributed by atoms with E-state index in [1.807, 2.05) is 4.90 Å². The van der Waals surface area contributed by atoms with Gasteiger partial charge in [0.15, 0.2) is 0 Å². The summed E-state index contributed by atoms with van der Waals surface area (Å²) < 4.78 is 4.67. The van der Waals surface area contributed by atoms with Crippen LogP contribution in [0.15, 0.2) is 29.6 Å². The zero-order valence-corrected chi connectivity index (χ0v) is 14.9. The number of esters is 1. The second-order valence-electron chi connectivity index (χ2n) is 5.76. The Hall–Kier alpha value is -2.94. The molecule has 8 nitrogen and oxygen atoms in total. The van der Waals surface area contributed by atoms with Crippen LogP contribution in [0.2, 0.25) is 0 Å². The lowest BCUT2D eigenvalue weighted by Crippen LogP contribution is -2.20. The molecule has 136 valence electrons. The van der Waals surface area contributed by atoms with Crippen LogP contribution in [0.4, 0.5) is 16.4 Å². The number of rotatable bonds is 5. The minimum atomic E-state index is -0.558. The quantitative estimate of drug-likeness (QED) is 0.489. The van der Waals surface area contributed by atoms with E-state index >= 15 is 0 Å². The first-order chi connectivity index (χ1) is 12.5. The molecule has 0 unspecified atom stereocenters. The van der Waals surface area contributed by atoms with E-state index < -0.39 is 16.8 Å². The van der Waals surface area contributed by atoms with Gasteiger partial charge in [-0.25, -0.2) is 4.79 Å². The number of carbonyl (C=O) groups excluding carboxylic acids is 2. The van der Waals surface area contributed by atoms with Crippen LogP contribution in [0.5, 0.6) is 0 Å². The zero-order valence-electron chi connectivity index (χ0n) is 14.1. The van der Waals surface area contributed by atoms with Crippen LogP contribution >= 0.6 is 11.3 Å². The molecule has 26 heavy (non-hydrogen) atoms. The van der Waals surface area contributed by atoms with Crippen molar-refractivity contribution in [3.05, 3.63) is 50.9 Å². The van der Waals surface area contributed by atoms with Gasteiger partial charge in [0.25, 0.3) is 11.6 Å². The van der Waals surface area contributed by atoms with Gasteiger partial charge in [0.1, 0.15) is 10.7 Å². The highest BCUT2D eigenvalue weighted by atomic mass is 32.1. The maximum atomic E-state index is 12.5. The Morgan fingerprint density at radius 3 is 2.65 bits per heavy atom. The molecule has 1 N–H and O–H groups in total. The van der Waals surface area contributed by atoms with Crippen molar-refractivity contribution >= 4 is 39.6 Å². The Labute approximate surface area is 153 Å². The summed E-state index contributed by atoms with van der Waals surface area (Å²) in [5.74, 6) is -1.08. The maximum absolute atomic E-state index is 12.5. The molecule has 1 saturated heterocycles. The fourth-order valence-corrected chi connectivity index (χ4v) is 3.66. The van der Waals surface area contributed by atoms with Crippen molar-refractivity contribution in [1.82, 2.24) is 0 Å². The summed E-state index contributed by atoms with van der Waals surface area (Å²) in [7, 11) is 1.26. The smallest absolute Gasteiger partial charge is 0.340 e. The number of nitrogens with zero attached hydrogens (tertiary/aromatic N) is 2. The molecule has 0 bridgehead atoms. The molecule has 1 amide bonds. The number of ether oxygens (including phenoxy) is 1. The van der Waals surface area contributed by atoms with E-state index in [0.29, 0.717) is 10.7 Å². The van der Waals surface area contributed by atoms with E-state index in [0.717, 1.165) is 25.9 Å². The molecule has 1 aliphatic heterocycles. The molecule has 0 spiro atoms. The van der Waals surface area contributed by atoms with Gasteiger partial charge in [-0.3, -0.25) is 14.9 Å². The number of hydrogen-bond donors (Lipinski definition) is 1. The highest BCUT2D eigenvalue weighted by molar-refractivity contribution is 7.14. The molecular formula is C17H17N3O5S. The van der Waals surface area contributed by atoms with Crippen LogP contribution in [0.25, 0.3) is 0 Å². The minimum Gasteiger partial charge on any atom is -0.465 e. The molecule has 0 atom stereocenters. The lowest BCUT2D eigenvalue weighted by atomic mass is 10.1. The first-order valence-electron chi connectivity index (χ1n) is 8.02. The SMILES string of the molecule is COC(=O)c1ccsc1NC(=O)c1ccc(N2CCCC2)c([N+](=O)[O-])c1. The van der Waals surface area contributed by atoms with Gasteiger partial charge in [-0.1, -0.05) is 0 Å². The molecule has 0 saturated carbocycles. The third-order valence-corrected chi connectivity index (χ3v) is 5.01. The third kappa shape index (κ3) is 3.52. The van der Waals surface area contributed by atoms with Crippen LogP contribution in [-0.4, -0.2) is 37.0 Å². The first-order valence-corrected chi connectivity index (χ1v) is 8.89. The Morgan fingerprint density at radius 2 is 2.00 bits per heavy atom. The van der Waals surface area contributed by atoms with Gasteiger partial charge in [-0.15, -0.1) is 11.3 Å². The van der Waals surface area contributed by atoms with E-state index in [4.69, 9.17) is 0 Å². The number of methoxy groups -OCH3 is 1. The van der Waals surface area contributed by atoms with Gasteiger partial charge in [0.2, 0.25) is 0 Å². The van der Waals surface area contributed by atoms with Crippen molar-refractivity contribution < 1.29 is 19.2 Å². The molecular weight excluding hydrogens is 358 g/mol. The minimum absolute atomic E-state index is 0.0982. The van der Waals surface area contributed by atoms with E-state index in [-0.39, 0.29) is 16.8 Å². The van der Waals surface area contributed by atoms with Crippen molar-refractivity contribution in [2.45, 2.75) is 12.8 Å². The molecule has 2 aromatic rings. The Kier molecular flexibility index (Phi) is 5.17. The molecule has 0 radical (unpaired) electrons. The average molecular weight is 375 g/mol. The standard InChI is InChI=1S/C17H17N3O5S/c1-25-17(22)12-6-9-26-16(12)18-15(21)11-4-5-13(14(10-11)20(23)24)19-7-2-3-8-19/h4-6,9-10H,2-3,7-8H2,1H3,(H,18,21). The second kappa shape index (κ2) is 7.52. The number of amides is 1. The van der Waals surface area contributed by atoms with Gasteiger partial charge >= 0.3 is 5.97 Å². The fourth-order valence-electron chi connectivity index (χ4n) is 2.89. The van der Waals surface area contributed by atoms with Crippen LogP contribution in [0.3, 0.4) is 0 Å². The van der Waals surface area contributed by atoms with Gasteiger partial charge in [0, 0.05) is 24.7 Å². The maximum Gasteiger partial charge on any atom is 0.340 e. The van der Waals surface area contributed by atoms with Crippen molar-refractivity contribution in [2.24, 2.45) is 0 Å². The summed E-state index contributed by atoms with van der Waals surface area (Å²) in [4.78, 5) is 37.1. The number of nitro groups is 1. The molecule has 0 aliphatic carbocycles. The van der Waals surface area contributed by atoms with E-state index in [9.17, 15) is 19.7 Å². The topological polar surface area (TPSA) is 102 Å². The van der Waals surface area contributed by atoms with E-state index in [1.54, 1.807) is 23.6 Å². The normalized spacial score (nSPS) is 13.5. The lowest BCUT2D eigenvalue weighted by molar-refractivity contribution is -0.384. The number of nitro benzene ring substituents is 1. The van der Waals surface area contributed by atoms with Crippen LogP contribution in [0.1, 0.15) is 33.6 Å². The molecule has 2 heterocycles. The van der Waals surface area contributed by atoms with Crippen LogP contribution in [-0.2, 0) is 4.74 Å². The number of benzene rings is 1. The third-order valence-electron chi connectivity index (χ3n) is 4.18. The largest absolute Gasteiger partial charge is 0.465 e. The Bertz CT molecular complexity index is 858. The zero-order chi connectivity index (χ0) is 18.7. The summed E-state index contributed by atoms with van der Waals surface area (Å²) in [6.45, 7) is 1.54. The highest BCUT2D eigenvalue weighted by Crippen LogP contribution is 2.32. The van der Waals surface area contributed by atoms with Gasteiger partial charge in [0.05, 0.1) is 17.6 Å². The number of nitrogens with one attached hydrogen (secondary N) is 1. The molecule has 1 aliphatic rings. The second-order valence-corrected chi connectivity index (χ2v) is 6.68. The average Bonchev–Trinajstić information content (AvgIpc) is 3.32. The molecule has 1 aromatic heterocycles. The summed E-state index contributed by atoms with van der Waals surface area (Å²) >= 11 is 1.18. The van der Waals surface area contributed by atoms with Gasteiger partial charge in [-0.2, -0.15) is 0 Å². The Balaban J connectivity index is 1.86. The van der Waals surface area contributed by atoms with Gasteiger partial charge in [-0.05, 0) is 36.4 Å². The number of thiophene rings is 1. The predicted molar refractivity (Wildman–Crippen MR) is 98.2 cm³/mol. The highest BCUT2D eigenvalue weighted by Gasteiger charge is 2.24. The van der Waals surface area contributed by atoms with Crippen molar-refractivity contribution in [1.29, 1.82) is 0 Å². The predicted octanol–water partition coefficient (Wildman–Crippen LogP) is 3.30. The van der Waals surface area contributed by atoms with Crippen molar-refractivity contribution in [3.8, 4) is 0 Å². The molecule has 1 aromatic carbocycles. The Morgan fingerprint density at radius 1 is 1.27 bits per heavy atom. The summed E-state index contributed by atoms with van der Waals surface area (Å²) in [6, 6.07) is 5.98. The van der Waals surface area contributed by atoms with Crippen LogP contribution in [0, 0.1) is 10.1 Å². The first kappa shape index (κ1) is 17.9. The van der Waals surface area contributed by atoms with Crippen molar-refractivity contribution in [3.63, 3.8) is 0 Å². The number of carbonyl (C=O) groups is 2. The monoisotopic (exact) mass is 375 g/mol. The van der Waals surface area contributed by atoms with Gasteiger partial charge < -0.3 is 15.0 Å². The lowest BCUT2D eigenvalue weighted by Gasteiger charge is -2.17. The molecule has 1 fully saturated rings. The number of hydrogen-bond acceptors (Lipinski definition) is 7. The summed E-state index contributed by atoms with van der Waals surface area (Å²) in [6.07, 6.45) is 1.99. The fraction of sp³-hybridized carbons (Fsp3) is 0.294. The molecule has 9 heteroatoms. The number of anilines is 2. The molecule has 3 rings (SSSR count). The van der Waals surface area contributed by atoms with Crippen LogP contribution < -0.4 is 10.2 Å². The van der Waals surface area contributed by atoms with E-state index in [1.165, 1.54) is 24.5 Å².